The van der Waals surface area contributed by atoms with Crippen LogP contribution in [0.25, 0.3) is 0 Å². The highest BCUT2D eigenvalue weighted by atomic mass is 16.5. The number of aromatic nitrogens is 3. The third kappa shape index (κ3) is 2.47. The van der Waals surface area contributed by atoms with Crippen LogP contribution < -0.4 is 11.1 Å². The summed E-state index contributed by atoms with van der Waals surface area (Å²) in [4.78, 5) is 8.01. The molecule has 0 atom stereocenters. The third-order valence-electron chi connectivity index (χ3n) is 2.09. The van der Waals surface area contributed by atoms with E-state index in [2.05, 4.69) is 20.4 Å². The van der Waals surface area contributed by atoms with Crippen molar-refractivity contribution in [2.24, 2.45) is 0 Å². The van der Waals surface area contributed by atoms with Crippen molar-refractivity contribution >= 4 is 11.4 Å². The third-order valence-corrected chi connectivity index (χ3v) is 2.09. The average molecular weight is 219 g/mol. The molecule has 0 unspecified atom stereocenters. The molecule has 0 fully saturated rings. The fourth-order valence-electron chi connectivity index (χ4n) is 1.32. The molecule has 0 radical (unpaired) electrons. The number of pyridine rings is 1. The molecule has 3 N–H and O–H groups in total. The molecule has 0 aliphatic carbocycles. The van der Waals surface area contributed by atoms with Crippen LogP contribution in [-0.4, -0.2) is 21.7 Å². The largest absolute Gasteiger partial charge is 0.396 e. The van der Waals surface area contributed by atoms with Crippen molar-refractivity contribution in [2.45, 2.75) is 13.3 Å². The first-order valence-electron chi connectivity index (χ1n) is 4.98. The van der Waals surface area contributed by atoms with Gasteiger partial charge in [0.05, 0.1) is 17.6 Å². The first-order chi connectivity index (χ1) is 7.75. The molecule has 6 nitrogen and oxygen atoms in total. The minimum absolute atomic E-state index is 0.582. The van der Waals surface area contributed by atoms with Crippen molar-refractivity contribution in [1.29, 1.82) is 0 Å². The van der Waals surface area contributed by atoms with Gasteiger partial charge in [-0.3, -0.25) is 4.98 Å². The molecular formula is C10H13N5O. The van der Waals surface area contributed by atoms with Gasteiger partial charge in [0.25, 0.3) is 0 Å². The number of nitrogens with two attached hydrogens (primary N) is 1. The summed E-state index contributed by atoms with van der Waals surface area (Å²) in [6.07, 6.45) is 4.00. The second-order valence-corrected chi connectivity index (χ2v) is 3.37. The van der Waals surface area contributed by atoms with E-state index in [1.54, 1.807) is 19.3 Å². The molecule has 0 bridgehead atoms. The predicted molar refractivity (Wildman–Crippen MR) is 59.9 cm³/mol. The Morgan fingerprint density at radius 3 is 3.06 bits per heavy atom. The predicted octanol–water partition coefficient (Wildman–Crippen LogP) is 1.01. The number of nitrogen functional groups attached to an aromatic ring is 1. The molecule has 0 aromatic carbocycles. The monoisotopic (exact) mass is 219 g/mol. The maximum absolute atomic E-state index is 5.73. The van der Waals surface area contributed by atoms with Crippen LogP contribution in [-0.2, 0) is 6.42 Å². The SMILES string of the molecule is Cc1nc(CCNc2ccncc2N)no1. The van der Waals surface area contributed by atoms with Crippen molar-refractivity contribution in [3.8, 4) is 0 Å². The van der Waals surface area contributed by atoms with Gasteiger partial charge in [-0.15, -0.1) is 0 Å². The maximum Gasteiger partial charge on any atom is 0.223 e. The summed E-state index contributed by atoms with van der Waals surface area (Å²) in [5.74, 6) is 1.27. The molecule has 2 heterocycles. The highest BCUT2D eigenvalue weighted by Gasteiger charge is 2.02. The molecule has 2 aromatic rings. The van der Waals surface area contributed by atoms with E-state index in [0.717, 1.165) is 5.69 Å². The van der Waals surface area contributed by atoms with E-state index in [-0.39, 0.29) is 0 Å². The summed E-state index contributed by atoms with van der Waals surface area (Å²) in [5.41, 5.74) is 7.23. The zero-order chi connectivity index (χ0) is 11.4. The van der Waals surface area contributed by atoms with Gasteiger partial charge in [0.15, 0.2) is 5.82 Å². The lowest BCUT2D eigenvalue weighted by Gasteiger charge is -2.06. The Balaban J connectivity index is 1.87. The maximum atomic E-state index is 5.73. The van der Waals surface area contributed by atoms with Crippen LogP contribution in [0.3, 0.4) is 0 Å². The molecule has 6 heteroatoms. The first kappa shape index (κ1) is 10.4. The van der Waals surface area contributed by atoms with Gasteiger partial charge in [-0.1, -0.05) is 5.16 Å². The molecule has 84 valence electrons. The van der Waals surface area contributed by atoms with E-state index in [1.165, 1.54) is 0 Å². The van der Waals surface area contributed by atoms with Gasteiger partial charge in [0.1, 0.15) is 0 Å². The van der Waals surface area contributed by atoms with Crippen LogP contribution >= 0.6 is 0 Å². The van der Waals surface area contributed by atoms with Gasteiger partial charge in [-0.2, -0.15) is 4.98 Å². The van der Waals surface area contributed by atoms with Crippen molar-refractivity contribution in [1.82, 2.24) is 15.1 Å². The Morgan fingerprint density at radius 1 is 1.50 bits per heavy atom. The Bertz CT molecular complexity index is 468. The zero-order valence-electron chi connectivity index (χ0n) is 8.97. The van der Waals surface area contributed by atoms with E-state index in [4.69, 9.17) is 10.3 Å². The summed E-state index contributed by atoms with van der Waals surface area (Å²) in [6, 6.07) is 1.83. The van der Waals surface area contributed by atoms with Crippen molar-refractivity contribution < 1.29 is 4.52 Å². The minimum Gasteiger partial charge on any atom is -0.396 e. The van der Waals surface area contributed by atoms with Crippen LogP contribution in [0.2, 0.25) is 0 Å². The molecule has 0 saturated heterocycles. The van der Waals surface area contributed by atoms with Crippen LogP contribution in [0.1, 0.15) is 11.7 Å². The summed E-state index contributed by atoms with van der Waals surface area (Å²) in [7, 11) is 0. The molecular weight excluding hydrogens is 206 g/mol. The van der Waals surface area contributed by atoms with Gasteiger partial charge in [0.2, 0.25) is 5.89 Å². The standard InChI is InChI=1S/C10H13N5O/c1-7-14-10(15-16-7)3-5-13-9-2-4-12-6-8(9)11/h2,4,6H,3,5,11H2,1H3,(H,12,13). The van der Waals surface area contributed by atoms with Gasteiger partial charge < -0.3 is 15.6 Å². The van der Waals surface area contributed by atoms with Gasteiger partial charge >= 0.3 is 0 Å². The number of hydrogen-bond acceptors (Lipinski definition) is 6. The second-order valence-electron chi connectivity index (χ2n) is 3.37. The van der Waals surface area contributed by atoms with Crippen molar-refractivity contribution in [2.75, 3.05) is 17.6 Å². The smallest absolute Gasteiger partial charge is 0.223 e. The molecule has 0 aliphatic heterocycles. The molecule has 2 aromatic heterocycles. The molecule has 0 amide bonds. The second kappa shape index (κ2) is 4.61. The number of hydrogen-bond donors (Lipinski definition) is 2. The molecule has 0 spiro atoms. The Hall–Kier alpha value is -2.11. The van der Waals surface area contributed by atoms with Crippen molar-refractivity contribution in [3.05, 3.63) is 30.2 Å². The van der Waals surface area contributed by atoms with Crippen LogP contribution in [0.15, 0.2) is 23.0 Å². The van der Waals surface area contributed by atoms with E-state index >= 15 is 0 Å². The summed E-state index contributed by atoms with van der Waals surface area (Å²) in [6.45, 7) is 2.47. The van der Waals surface area contributed by atoms with Crippen molar-refractivity contribution in [3.63, 3.8) is 0 Å². The number of aryl methyl sites for hydroxylation is 1. The lowest BCUT2D eigenvalue weighted by atomic mass is 10.3. The highest BCUT2D eigenvalue weighted by molar-refractivity contribution is 5.64. The van der Waals surface area contributed by atoms with E-state index in [0.29, 0.717) is 30.4 Å². The molecule has 2 rings (SSSR count). The summed E-state index contributed by atoms with van der Waals surface area (Å²) >= 11 is 0. The summed E-state index contributed by atoms with van der Waals surface area (Å²) < 4.78 is 4.87. The molecule has 0 saturated carbocycles. The minimum atomic E-state index is 0.582. The number of anilines is 2. The lowest BCUT2D eigenvalue weighted by molar-refractivity contribution is 0.387. The van der Waals surface area contributed by atoms with E-state index < -0.39 is 0 Å². The number of nitrogens with one attached hydrogen (secondary N) is 1. The van der Waals surface area contributed by atoms with Crippen LogP contribution in [0.4, 0.5) is 11.4 Å². The number of rotatable bonds is 4. The Labute approximate surface area is 92.9 Å². The Morgan fingerprint density at radius 2 is 2.38 bits per heavy atom. The Kier molecular flexibility index (Phi) is 3.00. The fourth-order valence-corrected chi connectivity index (χ4v) is 1.32. The average Bonchev–Trinajstić information content (AvgIpc) is 2.67. The summed E-state index contributed by atoms with van der Waals surface area (Å²) in [5, 5.41) is 6.98. The van der Waals surface area contributed by atoms with E-state index in [1.807, 2.05) is 6.07 Å². The molecule has 0 aliphatic rings. The van der Waals surface area contributed by atoms with Gasteiger partial charge in [0, 0.05) is 26.1 Å². The number of nitrogens with zero attached hydrogens (tertiary/aromatic N) is 3. The molecule has 16 heavy (non-hydrogen) atoms. The first-order valence-corrected chi connectivity index (χ1v) is 4.98. The normalized spacial score (nSPS) is 10.3. The topological polar surface area (TPSA) is 89.9 Å². The highest BCUT2D eigenvalue weighted by Crippen LogP contribution is 2.14. The quantitative estimate of drug-likeness (QED) is 0.797. The van der Waals surface area contributed by atoms with E-state index in [9.17, 15) is 0 Å². The van der Waals surface area contributed by atoms with Crippen LogP contribution in [0, 0.1) is 6.92 Å². The fraction of sp³-hybridized carbons (Fsp3) is 0.300. The van der Waals surface area contributed by atoms with Gasteiger partial charge in [-0.25, -0.2) is 0 Å². The van der Waals surface area contributed by atoms with Crippen LogP contribution in [0.5, 0.6) is 0 Å². The zero-order valence-corrected chi connectivity index (χ0v) is 8.97. The lowest BCUT2D eigenvalue weighted by Crippen LogP contribution is -2.07. The van der Waals surface area contributed by atoms with Gasteiger partial charge in [-0.05, 0) is 6.07 Å².